The van der Waals surface area contributed by atoms with E-state index in [-0.39, 0.29) is 11.9 Å². The van der Waals surface area contributed by atoms with E-state index in [1.165, 1.54) is 0 Å². The lowest BCUT2D eigenvalue weighted by Gasteiger charge is -2.24. The molecule has 0 aromatic rings. The van der Waals surface area contributed by atoms with Gasteiger partial charge in [-0.2, -0.15) is 0 Å². The highest BCUT2D eigenvalue weighted by molar-refractivity contribution is 5.82. The molecule has 2 aliphatic heterocycles. The zero-order chi connectivity index (χ0) is 9.80. The lowest BCUT2D eigenvalue weighted by molar-refractivity contribution is -0.124. The monoisotopic (exact) mass is 198 g/mol. The molecule has 1 amide bonds. The smallest absolute Gasteiger partial charge is 0.237 e. The molecular formula is C10H18N2O2. The van der Waals surface area contributed by atoms with Crippen molar-refractivity contribution in [1.82, 2.24) is 10.6 Å². The molecule has 2 aliphatic rings. The molecule has 0 bridgehead atoms. The summed E-state index contributed by atoms with van der Waals surface area (Å²) < 4.78 is 5.49. The van der Waals surface area contributed by atoms with Gasteiger partial charge in [0.2, 0.25) is 5.91 Å². The van der Waals surface area contributed by atoms with Crippen LogP contribution in [0.25, 0.3) is 0 Å². The van der Waals surface area contributed by atoms with Crippen LogP contribution in [0.4, 0.5) is 0 Å². The van der Waals surface area contributed by atoms with Gasteiger partial charge in [0.05, 0.1) is 12.1 Å². The Morgan fingerprint density at radius 2 is 2.36 bits per heavy atom. The summed E-state index contributed by atoms with van der Waals surface area (Å²) in [6.07, 6.45) is 4.64. The fourth-order valence-electron chi connectivity index (χ4n) is 2.05. The number of piperidine rings is 1. The molecule has 0 unspecified atom stereocenters. The van der Waals surface area contributed by atoms with Gasteiger partial charge in [-0.3, -0.25) is 4.79 Å². The van der Waals surface area contributed by atoms with E-state index in [0.29, 0.717) is 6.10 Å². The van der Waals surface area contributed by atoms with Crippen LogP contribution in [0.5, 0.6) is 0 Å². The molecule has 80 valence electrons. The van der Waals surface area contributed by atoms with Crippen molar-refractivity contribution in [3.05, 3.63) is 0 Å². The minimum Gasteiger partial charge on any atom is -0.377 e. The van der Waals surface area contributed by atoms with Crippen LogP contribution in [0.2, 0.25) is 0 Å². The second kappa shape index (κ2) is 4.75. The first kappa shape index (κ1) is 9.93. The second-order valence-electron chi connectivity index (χ2n) is 4.03. The molecule has 2 rings (SSSR count). The summed E-state index contributed by atoms with van der Waals surface area (Å²) in [6.45, 7) is 2.53. The standard InChI is InChI=1S/C10H18N2O2/c13-10-9(4-1-5-11-10)12-7-8-3-2-6-14-8/h8-9,12H,1-7H2,(H,11,13)/t8-,9+/m0/s1. The Kier molecular flexibility index (Phi) is 3.37. The molecule has 0 spiro atoms. The van der Waals surface area contributed by atoms with Gasteiger partial charge in [0.25, 0.3) is 0 Å². The molecule has 0 aliphatic carbocycles. The molecule has 14 heavy (non-hydrogen) atoms. The summed E-state index contributed by atoms with van der Waals surface area (Å²) >= 11 is 0. The van der Waals surface area contributed by atoms with Gasteiger partial charge in [0.15, 0.2) is 0 Å². The van der Waals surface area contributed by atoms with Crippen molar-refractivity contribution in [1.29, 1.82) is 0 Å². The number of nitrogens with one attached hydrogen (secondary N) is 2. The topological polar surface area (TPSA) is 50.4 Å². The Labute approximate surface area is 84.4 Å². The van der Waals surface area contributed by atoms with Crippen molar-refractivity contribution in [3.63, 3.8) is 0 Å². The molecule has 2 atom stereocenters. The number of carbonyl (C=O) groups excluding carboxylic acids is 1. The molecule has 2 saturated heterocycles. The Morgan fingerprint density at radius 1 is 1.43 bits per heavy atom. The zero-order valence-corrected chi connectivity index (χ0v) is 8.42. The van der Waals surface area contributed by atoms with E-state index in [9.17, 15) is 4.79 Å². The molecule has 4 nitrogen and oxygen atoms in total. The van der Waals surface area contributed by atoms with Crippen molar-refractivity contribution < 1.29 is 9.53 Å². The molecular weight excluding hydrogens is 180 g/mol. The molecule has 0 saturated carbocycles. The van der Waals surface area contributed by atoms with E-state index in [4.69, 9.17) is 4.74 Å². The summed E-state index contributed by atoms with van der Waals surface area (Å²) in [4.78, 5) is 11.4. The molecule has 2 heterocycles. The van der Waals surface area contributed by atoms with Crippen molar-refractivity contribution >= 4 is 5.91 Å². The quantitative estimate of drug-likeness (QED) is 0.673. The third-order valence-electron chi connectivity index (χ3n) is 2.90. The molecule has 4 heteroatoms. The van der Waals surface area contributed by atoms with Gasteiger partial charge in [0, 0.05) is 19.7 Å². The number of hydrogen-bond donors (Lipinski definition) is 2. The maximum absolute atomic E-state index is 11.4. The number of rotatable bonds is 3. The van der Waals surface area contributed by atoms with Crippen LogP contribution < -0.4 is 10.6 Å². The zero-order valence-electron chi connectivity index (χ0n) is 8.42. The Balaban J connectivity index is 1.70. The van der Waals surface area contributed by atoms with Crippen LogP contribution in [0.15, 0.2) is 0 Å². The summed E-state index contributed by atoms with van der Waals surface area (Å²) in [5, 5.41) is 6.14. The summed E-state index contributed by atoms with van der Waals surface area (Å²) in [6, 6.07) is 0.00736. The van der Waals surface area contributed by atoms with E-state index in [2.05, 4.69) is 10.6 Å². The molecule has 0 radical (unpaired) electrons. The van der Waals surface area contributed by atoms with E-state index >= 15 is 0 Å². The van der Waals surface area contributed by atoms with Crippen LogP contribution in [-0.2, 0) is 9.53 Å². The van der Waals surface area contributed by atoms with Crippen molar-refractivity contribution in [2.45, 2.75) is 37.8 Å². The van der Waals surface area contributed by atoms with Crippen LogP contribution in [0.3, 0.4) is 0 Å². The number of ether oxygens (including phenoxy) is 1. The third kappa shape index (κ3) is 2.45. The average Bonchev–Trinajstić information content (AvgIpc) is 2.69. The van der Waals surface area contributed by atoms with Crippen LogP contribution in [-0.4, -0.2) is 37.7 Å². The van der Waals surface area contributed by atoms with Gasteiger partial charge < -0.3 is 15.4 Å². The van der Waals surface area contributed by atoms with Crippen LogP contribution in [0.1, 0.15) is 25.7 Å². The highest BCUT2D eigenvalue weighted by Crippen LogP contribution is 2.11. The number of carbonyl (C=O) groups is 1. The lowest BCUT2D eigenvalue weighted by atomic mass is 10.1. The van der Waals surface area contributed by atoms with Crippen molar-refractivity contribution in [3.8, 4) is 0 Å². The predicted octanol–water partition coefficient (Wildman–Crippen LogP) is 0.0336. The summed E-state index contributed by atoms with van der Waals surface area (Å²) in [7, 11) is 0. The molecule has 0 aromatic carbocycles. The maximum atomic E-state index is 11.4. The van der Waals surface area contributed by atoms with Crippen molar-refractivity contribution in [2.75, 3.05) is 19.7 Å². The fraction of sp³-hybridized carbons (Fsp3) is 0.900. The van der Waals surface area contributed by atoms with Gasteiger partial charge in [-0.05, 0) is 25.7 Å². The van der Waals surface area contributed by atoms with E-state index in [0.717, 1.165) is 45.4 Å². The van der Waals surface area contributed by atoms with Gasteiger partial charge in [0.1, 0.15) is 0 Å². The van der Waals surface area contributed by atoms with Crippen molar-refractivity contribution in [2.24, 2.45) is 0 Å². The Morgan fingerprint density at radius 3 is 3.07 bits per heavy atom. The first-order chi connectivity index (χ1) is 6.86. The second-order valence-corrected chi connectivity index (χ2v) is 4.03. The lowest BCUT2D eigenvalue weighted by Crippen LogP contribution is -2.49. The third-order valence-corrected chi connectivity index (χ3v) is 2.90. The van der Waals surface area contributed by atoms with E-state index in [1.807, 2.05) is 0 Å². The van der Waals surface area contributed by atoms with Gasteiger partial charge >= 0.3 is 0 Å². The Bertz CT molecular complexity index is 202. The van der Waals surface area contributed by atoms with Gasteiger partial charge in [-0.1, -0.05) is 0 Å². The largest absolute Gasteiger partial charge is 0.377 e. The van der Waals surface area contributed by atoms with Gasteiger partial charge in [-0.25, -0.2) is 0 Å². The molecule has 2 N–H and O–H groups in total. The normalized spacial score (nSPS) is 33.0. The fourth-order valence-corrected chi connectivity index (χ4v) is 2.05. The first-order valence-corrected chi connectivity index (χ1v) is 5.49. The summed E-state index contributed by atoms with van der Waals surface area (Å²) in [5.41, 5.74) is 0. The summed E-state index contributed by atoms with van der Waals surface area (Å²) in [5.74, 6) is 0.147. The average molecular weight is 198 g/mol. The first-order valence-electron chi connectivity index (χ1n) is 5.49. The number of amides is 1. The Hall–Kier alpha value is -0.610. The SMILES string of the molecule is O=C1NCCC[C@H]1NC[C@@H]1CCCO1. The highest BCUT2D eigenvalue weighted by Gasteiger charge is 2.23. The maximum Gasteiger partial charge on any atom is 0.237 e. The van der Waals surface area contributed by atoms with Crippen LogP contribution in [0, 0.1) is 0 Å². The minimum atomic E-state index is 0.00736. The highest BCUT2D eigenvalue weighted by atomic mass is 16.5. The minimum absolute atomic E-state index is 0.00736. The molecule has 2 fully saturated rings. The van der Waals surface area contributed by atoms with E-state index in [1.54, 1.807) is 0 Å². The predicted molar refractivity (Wildman–Crippen MR) is 53.0 cm³/mol. The molecule has 0 aromatic heterocycles. The van der Waals surface area contributed by atoms with Gasteiger partial charge in [-0.15, -0.1) is 0 Å². The number of hydrogen-bond acceptors (Lipinski definition) is 3. The van der Waals surface area contributed by atoms with E-state index < -0.39 is 0 Å². The van der Waals surface area contributed by atoms with Crippen LogP contribution >= 0.6 is 0 Å².